The number of Topliss-reactive ketones (excluding diaryl/α,β-unsaturated/α-hetero) is 1. The monoisotopic (exact) mass is 246 g/mol. The van der Waals surface area contributed by atoms with Crippen molar-refractivity contribution in [2.24, 2.45) is 0 Å². The van der Waals surface area contributed by atoms with Crippen molar-refractivity contribution in [1.82, 2.24) is 10.2 Å². The summed E-state index contributed by atoms with van der Waals surface area (Å²) in [7, 11) is 0. The van der Waals surface area contributed by atoms with Gasteiger partial charge in [-0.05, 0) is 13.0 Å². The second kappa shape index (κ2) is 6.31. The molecule has 4 heteroatoms. The lowest BCUT2D eigenvalue weighted by molar-refractivity contribution is -0.130. The van der Waals surface area contributed by atoms with Crippen LogP contribution < -0.4 is 5.32 Å². The number of nitrogens with zero attached hydrogens (tertiary/aromatic N) is 1. The minimum atomic E-state index is -0.0993. The molecule has 1 fully saturated rings. The van der Waals surface area contributed by atoms with Crippen LogP contribution >= 0.6 is 0 Å². The first-order valence-electron chi connectivity index (χ1n) is 6.34. The molecule has 4 nitrogen and oxygen atoms in total. The molecular formula is C14H18N2O2. The van der Waals surface area contributed by atoms with Crippen LogP contribution in [0.25, 0.3) is 0 Å². The predicted octanol–water partition coefficient (Wildman–Crippen LogP) is 1.08. The first kappa shape index (κ1) is 12.8. The Balaban J connectivity index is 1.92. The van der Waals surface area contributed by atoms with E-state index in [9.17, 15) is 9.59 Å². The lowest BCUT2D eigenvalue weighted by Gasteiger charge is -2.19. The van der Waals surface area contributed by atoms with E-state index in [1.165, 1.54) is 0 Å². The fraction of sp³-hybridized carbons (Fsp3) is 0.429. The van der Waals surface area contributed by atoms with Crippen LogP contribution in [0.3, 0.4) is 0 Å². The molecule has 1 aromatic rings. The van der Waals surface area contributed by atoms with Gasteiger partial charge in [-0.2, -0.15) is 0 Å². The zero-order chi connectivity index (χ0) is 12.8. The van der Waals surface area contributed by atoms with Gasteiger partial charge >= 0.3 is 0 Å². The fourth-order valence-corrected chi connectivity index (χ4v) is 2.07. The van der Waals surface area contributed by atoms with Gasteiger partial charge in [-0.15, -0.1) is 0 Å². The molecule has 96 valence electrons. The highest BCUT2D eigenvalue weighted by Gasteiger charge is 2.18. The SMILES string of the molecule is O=C(CC(=O)N1CCCNCC1)c1ccccc1. The van der Waals surface area contributed by atoms with Crippen LogP contribution in [-0.2, 0) is 4.79 Å². The topological polar surface area (TPSA) is 49.4 Å². The van der Waals surface area contributed by atoms with E-state index in [1.54, 1.807) is 17.0 Å². The highest BCUT2D eigenvalue weighted by atomic mass is 16.2. The molecule has 1 aliphatic heterocycles. The molecule has 18 heavy (non-hydrogen) atoms. The Morgan fingerprint density at radius 3 is 2.67 bits per heavy atom. The Bertz CT molecular complexity index is 409. The van der Waals surface area contributed by atoms with E-state index < -0.39 is 0 Å². The molecule has 0 radical (unpaired) electrons. The summed E-state index contributed by atoms with van der Waals surface area (Å²) in [6.45, 7) is 3.19. The molecule has 0 unspecified atom stereocenters. The van der Waals surface area contributed by atoms with E-state index in [1.807, 2.05) is 18.2 Å². The molecule has 1 amide bonds. The number of carbonyl (C=O) groups is 2. The molecule has 0 bridgehead atoms. The maximum Gasteiger partial charge on any atom is 0.230 e. The third-order valence-corrected chi connectivity index (χ3v) is 3.10. The molecule has 1 aliphatic rings. The van der Waals surface area contributed by atoms with Crippen molar-refractivity contribution in [1.29, 1.82) is 0 Å². The van der Waals surface area contributed by atoms with Crippen LogP contribution in [0.15, 0.2) is 30.3 Å². The maximum absolute atomic E-state index is 12.0. The Kier molecular flexibility index (Phi) is 4.47. The van der Waals surface area contributed by atoms with E-state index in [0.29, 0.717) is 12.1 Å². The Morgan fingerprint density at radius 1 is 1.11 bits per heavy atom. The normalized spacial score (nSPS) is 16.1. The lowest BCUT2D eigenvalue weighted by Crippen LogP contribution is -2.35. The van der Waals surface area contributed by atoms with Gasteiger partial charge in [0.15, 0.2) is 5.78 Å². The fourth-order valence-electron chi connectivity index (χ4n) is 2.07. The summed E-state index contributed by atoms with van der Waals surface area (Å²) in [6.07, 6.45) is 0.926. The number of hydrogen-bond donors (Lipinski definition) is 1. The predicted molar refractivity (Wildman–Crippen MR) is 69.5 cm³/mol. The van der Waals surface area contributed by atoms with E-state index in [-0.39, 0.29) is 18.1 Å². The molecule has 1 saturated heterocycles. The molecule has 0 aliphatic carbocycles. The number of carbonyl (C=O) groups excluding carboxylic acids is 2. The van der Waals surface area contributed by atoms with Crippen LogP contribution in [0.1, 0.15) is 23.2 Å². The van der Waals surface area contributed by atoms with E-state index in [2.05, 4.69) is 5.32 Å². The molecular weight excluding hydrogens is 228 g/mol. The zero-order valence-corrected chi connectivity index (χ0v) is 10.4. The van der Waals surface area contributed by atoms with Crippen molar-refractivity contribution in [2.45, 2.75) is 12.8 Å². The molecule has 0 saturated carbocycles. The molecule has 1 heterocycles. The number of nitrogens with one attached hydrogen (secondary N) is 1. The summed E-state index contributed by atoms with van der Waals surface area (Å²) in [5.74, 6) is -0.162. The third-order valence-electron chi connectivity index (χ3n) is 3.10. The van der Waals surface area contributed by atoms with E-state index >= 15 is 0 Å². The number of amides is 1. The summed E-state index contributed by atoms with van der Waals surface area (Å²) >= 11 is 0. The van der Waals surface area contributed by atoms with Crippen LogP contribution in [0.4, 0.5) is 0 Å². The Hall–Kier alpha value is -1.68. The van der Waals surface area contributed by atoms with Crippen molar-refractivity contribution in [2.75, 3.05) is 26.2 Å². The third kappa shape index (κ3) is 3.40. The summed E-state index contributed by atoms with van der Waals surface area (Å²) in [6, 6.07) is 8.99. The first-order valence-corrected chi connectivity index (χ1v) is 6.34. The van der Waals surface area contributed by atoms with E-state index in [4.69, 9.17) is 0 Å². The second-order valence-electron chi connectivity index (χ2n) is 4.45. The van der Waals surface area contributed by atoms with Crippen molar-refractivity contribution in [3.8, 4) is 0 Å². The standard InChI is InChI=1S/C14H18N2O2/c17-13(12-5-2-1-3-6-12)11-14(18)16-9-4-7-15-8-10-16/h1-3,5-6,15H,4,7-11H2. The number of benzene rings is 1. The summed E-state index contributed by atoms with van der Waals surface area (Å²) < 4.78 is 0. The Labute approximate surface area is 107 Å². The van der Waals surface area contributed by atoms with Crippen LogP contribution in [0.2, 0.25) is 0 Å². The summed E-state index contributed by atoms with van der Waals surface area (Å²) in [5, 5.41) is 3.24. The minimum Gasteiger partial charge on any atom is -0.341 e. The lowest BCUT2D eigenvalue weighted by atomic mass is 10.1. The van der Waals surface area contributed by atoms with Gasteiger partial charge in [0.05, 0.1) is 6.42 Å². The minimum absolute atomic E-state index is 0.0238. The second-order valence-corrected chi connectivity index (χ2v) is 4.45. The van der Waals surface area contributed by atoms with Crippen LogP contribution in [0, 0.1) is 0 Å². The van der Waals surface area contributed by atoms with Crippen molar-refractivity contribution in [3.05, 3.63) is 35.9 Å². The molecule has 0 aromatic heterocycles. The summed E-state index contributed by atoms with van der Waals surface area (Å²) in [5.41, 5.74) is 0.610. The number of hydrogen-bond acceptors (Lipinski definition) is 3. The van der Waals surface area contributed by atoms with Gasteiger partial charge in [-0.3, -0.25) is 9.59 Å². The van der Waals surface area contributed by atoms with Gasteiger partial charge in [0.1, 0.15) is 0 Å². The van der Waals surface area contributed by atoms with Crippen molar-refractivity contribution < 1.29 is 9.59 Å². The van der Waals surface area contributed by atoms with Crippen molar-refractivity contribution >= 4 is 11.7 Å². The maximum atomic E-state index is 12.0. The van der Waals surface area contributed by atoms with Crippen LogP contribution in [0.5, 0.6) is 0 Å². The average Bonchev–Trinajstić information content (AvgIpc) is 2.68. The molecule has 0 atom stereocenters. The number of rotatable bonds is 3. The molecule has 1 aromatic carbocycles. The quantitative estimate of drug-likeness (QED) is 0.641. The number of ketones is 1. The molecule has 0 spiro atoms. The van der Waals surface area contributed by atoms with Gasteiger partial charge in [0.2, 0.25) is 5.91 Å². The highest BCUT2D eigenvalue weighted by molar-refractivity contribution is 6.07. The first-order chi connectivity index (χ1) is 8.77. The van der Waals surface area contributed by atoms with Gasteiger partial charge < -0.3 is 10.2 Å². The van der Waals surface area contributed by atoms with Gasteiger partial charge in [0.25, 0.3) is 0 Å². The highest BCUT2D eigenvalue weighted by Crippen LogP contribution is 2.06. The molecule has 1 N–H and O–H groups in total. The van der Waals surface area contributed by atoms with Gasteiger partial charge in [0, 0.05) is 25.2 Å². The molecule has 2 rings (SSSR count). The Morgan fingerprint density at radius 2 is 1.89 bits per heavy atom. The van der Waals surface area contributed by atoms with Gasteiger partial charge in [-0.25, -0.2) is 0 Å². The van der Waals surface area contributed by atoms with E-state index in [0.717, 1.165) is 26.1 Å². The smallest absolute Gasteiger partial charge is 0.230 e. The largest absolute Gasteiger partial charge is 0.341 e. The average molecular weight is 246 g/mol. The zero-order valence-electron chi connectivity index (χ0n) is 10.4. The van der Waals surface area contributed by atoms with Crippen molar-refractivity contribution in [3.63, 3.8) is 0 Å². The van der Waals surface area contributed by atoms with Gasteiger partial charge in [-0.1, -0.05) is 30.3 Å². The van der Waals surface area contributed by atoms with Crippen LogP contribution in [-0.4, -0.2) is 42.8 Å². The summed E-state index contributed by atoms with van der Waals surface area (Å²) in [4.78, 5) is 25.7.